The zero-order valence-corrected chi connectivity index (χ0v) is 12.0. The molecule has 0 aliphatic rings. The van der Waals surface area contributed by atoms with Crippen LogP contribution in [0.15, 0.2) is 0 Å². The fraction of sp³-hybridized carbons (Fsp3) is 1.00. The summed E-state index contributed by atoms with van der Waals surface area (Å²) in [6.07, 6.45) is -14.8. The van der Waals surface area contributed by atoms with E-state index in [0.29, 0.717) is 13.8 Å². The zero-order chi connectivity index (χ0) is 18.1. The smallest absolute Gasteiger partial charge is 0.458 e. The second-order valence-corrected chi connectivity index (χ2v) is 6.16. The van der Waals surface area contributed by atoms with Crippen molar-refractivity contribution in [1.82, 2.24) is 0 Å². The average Bonchev–Trinajstić information content (AvgIpc) is 2.26. The Bertz CT molecular complexity index is 330. The number of rotatable bonds is 6. The fourth-order valence-electron chi connectivity index (χ4n) is 1.70. The zero-order valence-electron chi connectivity index (χ0n) is 11.2. The molecule has 0 spiro atoms. The van der Waals surface area contributed by atoms with Gasteiger partial charge in [0.15, 0.2) is 10.5 Å². The van der Waals surface area contributed by atoms with E-state index in [1.54, 1.807) is 0 Å². The van der Waals surface area contributed by atoms with E-state index >= 15 is 0 Å². The van der Waals surface area contributed by atoms with Crippen LogP contribution in [0.5, 0.6) is 0 Å². The lowest BCUT2D eigenvalue weighted by Crippen LogP contribution is -2.58. The number of halogens is 10. The number of hydrogen-bond donors (Lipinski definition) is 0. The van der Waals surface area contributed by atoms with Crippen molar-refractivity contribution in [2.75, 3.05) is 0 Å². The van der Waals surface area contributed by atoms with Crippen molar-refractivity contribution in [3.8, 4) is 0 Å². The molecular formula is C10H12F10OS. The van der Waals surface area contributed by atoms with Gasteiger partial charge in [0.1, 0.15) is 0 Å². The summed E-state index contributed by atoms with van der Waals surface area (Å²) >= 11 is -3.77. The van der Waals surface area contributed by atoms with E-state index < -0.39 is 58.7 Å². The van der Waals surface area contributed by atoms with E-state index in [4.69, 9.17) is 0 Å². The van der Waals surface area contributed by atoms with Crippen molar-refractivity contribution in [2.24, 2.45) is 0 Å². The van der Waals surface area contributed by atoms with Crippen LogP contribution in [0.4, 0.5) is 43.9 Å². The summed E-state index contributed by atoms with van der Waals surface area (Å²) in [4.78, 5) is 0. The molecule has 22 heavy (non-hydrogen) atoms. The summed E-state index contributed by atoms with van der Waals surface area (Å²) in [6.45, 7) is 1.39. The molecule has 0 aromatic rings. The Morgan fingerprint density at radius 3 is 1.05 bits per heavy atom. The second-order valence-electron chi connectivity index (χ2n) is 4.36. The molecular weight excluding hydrogens is 358 g/mol. The molecule has 0 rings (SSSR count). The van der Waals surface area contributed by atoms with Crippen LogP contribution in [0.2, 0.25) is 0 Å². The van der Waals surface area contributed by atoms with Crippen LogP contribution in [0.25, 0.3) is 0 Å². The normalized spacial score (nSPS) is 19.0. The Labute approximate surface area is 122 Å². The molecule has 12 heteroatoms. The molecule has 0 heterocycles. The van der Waals surface area contributed by atoms with Crippen LogP contribution in [0.3, 0.4) is 0 Å². The average molecular weight is 370 g/mol. The maximum Gasteiger partial charge on any atom is 0.458 e. The Morgan fingerprint density at radius 2 is 0.909 bits per heavy atom. The van der Waals surface area contributed by atoms with Gasteiger partial charge in [0.25, 0.3) is 0 Å². The van der Waals surface area contributed by atoms with E-state index in [1.165, 1.54) is 0 Å². The Hall–Kier alpha value is -0.390. The van der Waals surface area contributed by atoms with Gasteiger partial charge >= 0.3 is 24.2 Å². The highest BCUT2D eigenvalue weighted by atomic mass is 32.2. The molecule has 0 fully saturated rings. The summed E-state index contributed by atoms with van der Waals surface area (Å²) in [6, 6.07) is 0. The van der Waals surface area contributed by atoms with E-state index in [0.717, 1.165) is 0 Å². The Balaban J connectivity index is 5.72. The Morgan fingerprint density at radius 1 is 0.682 bits per heavy atom. The highest BCUT2D eigenvalue weighted by Gasteiger charge is 2.72. The van der Waals surface area contributed by atoms with Crippen molar-refractivity contribution in [3.05, 3.63) is 0 Å². The fourth-order valence-corrected chi connectivity index (χ4v) is 3.60. The number of alkyl halides is 10. The SMILES string of the molecule is CCC([S+]([O-])C(CC)C(F)(F)C(F)(F)F)C(F)(F)C(F)(F)F. The van der Waals surface area contributed by atoms with E-state index in [-0.39, 0.29) is 0 Å². The third-order valence-corrected chi connectivity index (χ3v) is 5.25. The lowest BCUT2D eigenvalue weighted by atomic mass is 10.1. The minimum Gasteiger partial charge on any atom is -0.616 e. The molecule has 0 aromatic carbocycles. The van der Waals surface area contributed by atoms with Crippen LogP contribution in [0, 0.1) is 0 Å². The summed E-state index contributed by atoms with van der Waals surface area (Å²) in [5.41, 5.74) is 0. The van der Waals surface area contributed by atoms with Crippen molar-refractivity contribution in [3.63, 3.8) is 0 Å². The molecule has 1 nitrogen and oxygen atoms in total. The molecule has 134 valence electrons. The van der Waals surface area contributed by atoms with Gasteiger partial charge in [-0.2, -0.15) is 43.9 Å². The van der Waals surface area contributed by atoms with Gasteiger partial charge in [0.05, 0.1) is 0 Å². The molecule has 0 aromatic heterocycles. The molecule has 0 aliphatic carbocycles. The molecule has 2 unspecified atom stereocenters. The maximum atomic E-state index is 13.2. The minimum atomic E-state index is -6.21. The maximum absolute atomic E-state index is 13.2. The largest absolute Gasteiger partial charge is 0.616 e. The van der Waals surface area contributed by atoms with Crippen molar-refractivity contribution in [1.29, 1.82) is 0 Å². The lowest BCUT2D eigenvalue weighted by molar-refractivity contribution is -0.286. The monoisotopic (exact) mass is 370 g/mol. The quantitative estimate of drug-likeness (QED) is 0.492. The molecule has 0 saturated carbocycles. The molecule has 0 saturated heterocycles. The van der Waals surface area contributed by atoms with Gasteiger partial charge in [-0.3, -0.25) is 0 Å². The molecule has 0 amide bonds. The van der Waals surface area contributed by atoms with Gasteiger partial charge in [-0.1, -0.05) is 13.8 Å². The predicted octanol–water partition coefficient (Wildman–Crippen LogP) is 4.69. The highest BCUT2D eigenvalue weighted by Crippen LogP contribution is 2.47. The third-order valence-electron chi connectivity index (χ3n) is 2.87. The van der Waals surface area contributed by atoms with Crippen molar-refractivity contribution < 1.29 is 48.5 Å². The predicted molar refractivity (Wildman–Crippen MR) is 58.3 cm³/mol. The summed E-state index contributed by atoms with van der Waals surface area (Å²) in [5, 5.41) is -6.41. The highest BCUT2D eigenvalue weighted by molar-refractivity contribution is 7.92. The Kier molecular flexibility index (Phi) is 6.50. The van der Waals surface area contributed by atoms with Crippen molar-refractivity contribution in [2.45, 2.75) is 61.4 Å². The summed E-state index contributed by atoms with van der Waals surface area (Å²) < 4.78 is 138. The second kappa shape index (κ2) is 6.62. The molecule has 0 bridgehead atoms. The van der Waals surface area contributed by atoms with Crippen LogP contribution in [-0.4, -0.2) is 39.3 Å². The molecule has 0 radical (unpaired) electrons. The summed E-state index contributed by atoms with van der Waals surface area (Å²) in [7, 11) is 0. The third kappa shape index (κ3) is 3.92. The molecule has 2 atom stereocenters. The van der Waals surface area contributed by atoms with Gasteiger partial charge in [-0.05, 0) is 24.0 Å². The molecule has 0 N–H and O–H groups in total. The molecule has 0 aliphatic heterocycles. The number of hydrogen-bond acceptors (Lipinski definition) is 1. The lowest BCUT2D eigenvalue weighted by Gasteiger charge is -2.36. The minimum absolute atomic E-state index is 0.695. The summed E-state index contributed by atoms with van der Waals surface area (Å²) in [5.74, 6) is -11.3. The first-order chi connectivity index (χ1) is 9.55. The standard InChI is InChI=1S/C10H12F10OS/c1-3-5(7(11,12)9(15,16)17)22(21)6(4-2)8(13,14)10(18,19)20/h5-6H,3-4H2,1-2H3. The van der Waals surface area contributed by atoms with Crippen molar-refractivity contribution >= 4 is 11.2 Å². The first-order valence-electron chi connectivity index (χ1n) is 5.84. The van der Waals surface area contributed by atoms with Gasteiger partial charge in [0.2, 0.25) is 0 Å². The van der Waals surface area contributed by atoms with Crippen LogP contribution >= 0.6 is 0 Å². The van der Waals surface area contributed by atoms with Gasteiger partial charge in [-0.15, -0.1) is 0 Å². The van der Waals surface area contributed by atoms with Crippen LogP contribution < -0.4 is 0 Å². The van der Waals surface area contributed by atoms with Gasteiger partial charge < -0.3 is 4.55 Å². The van der Waals surface area contributed by atoms with Gasteiger partial charge in [-0.25, -0.2) is 0 Å². The van der Waals surface area contributed by atoms with Crippen LogP contribution in [0.1, 0.15) is 26.7 Å². The van der Waals surface area contributed by atoms with E-state index in [1.807, 2.05) is 0 Å². The first kappa shape index (κ1) is 21.6. The topological polar surface area (TPSA) is 23.1 Å². The van der Waals surface area contributed by atoms with E-state index in [2.05, 4.69) is 0 Å². The van der Waals surface area contributed by atoms with E-state index in [9.17, 15) is 48.5 Å². The van der Waals surface area contributed by atoms with Gasteiger partial charge in [0, 0.05) is 0 Å². The first-order valence-corrected chi connectivity index (χ1v) is 7.11. The van der Waals surface area contributed by atoms with Crippen LogP contribution in [-0.2, 0) is 11.2 Å².